The highest BCUT2D eigenvalue weighted by Gasteiger charge is 2.52. The molecule has 166 valence electrons. The molecule has 0 fully saturated rings. The summed E-state index contributed by atoms with van der Waals surface area (Å²) in [6.07, 6.45) is -0.0535. The number of thiazole rings is 1. The maximum absolute atomic E-state index is 14.7. The number of aromatic nitrogens is 1. The fraction of sp³-hybridized carbons (Fsp3) is 0.304. The number of hydrazone groups is 1. The summed E-state index contributed by atoms with van der Waals surface area (Å²) >= 11 is 2.75. The second-order valence-electron chi connectivity index (χ2n) is 8.04. The lowest BCUT2D eigenvalue weighted by molar-refractivity contribution is 0.144. The summed E-state index contributed by atoms with van der Waals surface area (Å²) in [4.78, 5) is 7.18. The van der Waals surface area contributed by atoms with Crippen molar-refractivity contribution in [1.29, 1.82) is 0 Å². The first-order chi connectivity index (χ1) is 15.4. The maximum Gasteiger partial charge on any atom is 0.208 e. The van der Waals surface area contributed by atoms with Crippen molar-refractivity contribution in [1.82, 2.24) is 9.88 Å². The van der Waals surface area contributed by atoms with E-state index >= 15 is 0 Å². The minimum atomic E-state index is -1.07. The van der Waals surface area contributed by atoms with Crippen LogP contribution in [0.15, 0.2) is 53.6 Å². The van der Waals surface area contributed by atoms with E-state index in [0.717, 1.165) is 53.8 Å². The fourth-order valence-electron chi connectivity index (χ4n) is 4.09. The van der Waals surface area contributed by atoms with E-state index in [4.69, 9.17) is 10.1 Å². The molecule has 2 aliphatic heterocycles. The number of thioether (sulfide) groups is 1. The number of hydrogen-bond acceptors (Lipinski definition) is 7. The second kappa shape index (κ2) is 8.22. The number of aliphatic hydroxyl groups excluding tert-OH is 1. The lowest BCUT2D eigenvalue weighted by Gasteiger charge is -2.38. The molecule has 5 nitrogen and oxygen atoms in total. The first-order valence-electron chi connectivity index (χ1n) is 10.3. The summed E-state index contributed by atoms with van der Waals surface area (Å²) in [5, 5.41) is 18.4. The Labute approximate surface area is 193 Å². The molecule has 5 rings (SSSR count). The van der Waals surface area contributed by atoms with Gasteiger partial charge in [0, 0.05) is 30.0 Å². The molecule has 0 aliphatic carbocycles. The van der Waals surface area contributed by atoms with Gasteiger partial charge in [0.15, 0.2) is 4.87 Å². The lowest BCUT2D eigenvalue weighted by Crippen LogP contribution is -2.46. The van der Waals surface area contributed by atoms with Crippen LogP contribution < -0.4 is 5.01 Å². The summed E-state index contributed by atoms with van der Waals surface area (Å²) < 4.78 is 28.7. The minimum Gasteiger partial charge on any atom is -0.390 e. The molecule has 3 aromatic rings. The molecule has 0 saturated heterocycles. The Balaban J connectivity index is 1.68. The van der Waals surface area contributed by atoms with E-state index < -0.39 is 22.6 Å². The number of likely N-dealkylation sites (N-methyl/N-ethyl adjacent to an activating group) is 1. The van der Waals surface area contributed by atoms with Crippen molar-refractivity contribution in [3.63, 3.8) is 0 Å². The van der Waals surface area contributed by atoms with E-state index in [2.05, 4.69) is 11.9 Å². The molecule has 2 aliphatic rings. The number of benzene rings is 2. The highest BCUT2D eigenvalue weighted by Crippen LogP contribution is 2.52. The van der Waals surface area contributed by atoms with Crippen molar-refractivity contribution in [3.05, 3.63) is 81.9 Å². The average molecular weight is 473 g/mol. The van der Waals surface area contributed by atoms with E-state index in [-0.39, 0.29) is 5.56 Å². The van der Waals surface area contributed by atoms with Crippen LogP contribution in [0, 0.1) is 11.6 Å². The molecule has 1 aromatic heterocycles. The third kappa shape index (κ3) is 3.53. The van der Waals surface area contributed by atoms with Gasteiger partial charge in [0.05, 0.1) is 11.8 Å². The Hall–Kier alpha value is -2.33. The lowest BCUT2D eigenvalue weighted by atomic mass is 10.0. The monoisotopic (exact) mass is 472 g/mol. The molecule has 3 heterocycles. The highest BCUT2D eigenvalue weighted by molar-refractivity contribution is 8.15. The van der Waals surface area contributed by atoms with Gasteiger partial charge in [-0.3, -0.25) is 0 Å². The van der Waals surface area contributed by atoms with Gasteiger partial charge in [-0.1, -0.05) is 53.4 Å². The van der Waals surface area contributed by atoms with Gasteiger partial charge >= 0.3 is 0 Å². The van der Waals surface area contributed by atoms with Gasteiger partial charge in [-0.2, -0.15) is 5.10 Å². The summed E-state index contributed by atoms with van der Waals surface area (Å²) in [6, 6.07) is 12.8. The average Bonchev–Trinajstić information content (AvgIpc) is 3.38. The molecule has 0 amide bonds. The third-order valence-electron chi connectivity index (χ3n) is 5.76. The third-order valence-corrected chi connectivity index (χ3v) is 8.38. The molecule has 9 heteroatoms. The molecule has 2 atom stereocenters. The smallest absolute Gasteiger partial charge is 0.208 e. The SMILES string of the molecule is CC(O)C1(c2ccccc2)SC(c2cc(F)ccc2F)=NN1c1nc2c(s1)CN(C)CC2. The van der Waals surface area contributed by atoms with Crippen molar-refractivity contribution in [2.24, 2.45) is 5.10 Å². The molecule has 0 saturated carbocycles. The van der Waals surface area contributed by atoms with E-state index in [1.54, 1.807) is 11.9 Å². The highest BCUT2D eigenvalue weighted by atomic mass is 32.2. The molecule has 0 spiro atoms. The molecule has 32 heavy (non-hydrogen) atoms. The van der Waals surface area contributed by atoms with Crippen molar-refractivity contribution in [3.8, 4) is 0 Å². The number of anilines is 1. The zero-order valence-corrected chi connectivity index (χ0v) is 19.3. The molecule has 0 bridgehead atoms. The summed E-state index contributed by atoms with van der Waals surface area (Å²) in [5.41, 5.74) is 1.90. The van der Waals surface area contributed by atoms with Crippen LogP contribution in [0.25, 0.3) is 0 Å². The zero-order chi connectivity index (χ0) is 22.5. The summed E-state index contributed by atoms with van der Waals surface area (Å²) in [7, 11) is 2.07. The van der Waals surface area contributed by atoms with Gasteiger partial charge in [-0.25, -0.2) is 18.8 Å². The number of hydrogen-bond donors (Lipinski definition) is 1. The quantitative estimate of drug-likeness (QED) is 0.604. The van der Waals surface area contributed by atoms with Crippen LogP contribution >= 0.6 is 23.1 Å². The van der Waals surface area contributed by atoms with Gasteiger partial charge < -0.3 is 10.0 Å². The number of halogens is 2. The van der Waals surface area contributed by atoms with Crippen molar-refractivity contribution in [2.75, 3.05) is 18.6 Å². The van der Waals surface area contributed by atoms with Gasteiger partial charge in [-0.05, 0) is 37.7 Å². The number of rotatable bonds is 4. The first kappa shape index (κ1) is 21.5. The van der Waals surface area contributed by atoms with Crippen LogP contribution in [0.1, 0.15) is 28.6 Å². The fourth-order valence-corrected chi connectivity index (χ4v) is 6.67. The molecule has 2 unspecified atom stereocenters. The second-order valence-corrected chi connectivity index (χ2v) is 10.3. The van der Waals surface area contributed by atoms with Crippen molar-refractivity contribution in [2.45, 2.75) is 30.9 Å². The standard InChI is InChI=1S/C23H22F2N4OS2/c1-14(30)23(15-6-4-3-5-7-15)29(22-26-19-10-11-28(2)13-20(19)31-22)27-21(32-23)17-12-16(24)8-9-18(17)25/h3-9,12,14,30H,10-11,13H2,1-2H3. The predicted molar refractivity (Wildman–Crippen MR) is 125 cm³/mol. The molecule has 2 aromatic carbocycles. The Morgan fingerprint density at radius 1 is 1.16 bits per heavy atom. The van der Waals surface area contributed by atoms with E-state index in [9.17, 15) is 13.9 Å². The van der Waals surface area contributed by atoms with Gasteiger partial charge in [-0.15, -0.1) is 0 Å². The predicted octanol–water partition coefficient (Wildman–Crippen LogP) is 4.56. The number of aliphatic hydroxyl groups is 1. The molecular weight excluding hydrogens is 450 g/mol. The van der Waals surface area contributed by atoms with Crippen LogP contribution in [0.2, 0.25) is 0 Å². The van der Waals surface area contributed by atoms with E-state index in [1.165, 1.54) is 23.1 Å². The topological polar surface area (TPSA) is 52.0 Å². The summed E-state index contributed by atoms with van der Waals surface area (Å²) in [5.74, 6) is -1.11. The van der Waals surface area contributed by atoms with Crippen LogP contribution in [-0.2, 0) is 17.8 Å². The number of fused-ring (bicyclic) bond motifs is 1. The largest absolute Gasteiger partial charge is 0.390 e. The Morgan fingerprint density at radius 2 is 1.94 bits per heavy atom. The Bertz CT molecular complexity index is 1180. The zero-order valence-electron chi connectivity index (χ0n) is 17.6. The minimum absolute atomic E-state index is 0.0690. The van der Waals surface area contributed by atoms with Crippen LogP contribution in [0.4, 0.5) is 13.9 Å². The van der Waals surface area contributed by atoms with Crippen LogP contribution in [0.3, 0.4) is 0 Å². The van der Waals surface area contributed by atoms with Crippen molar-refractivity contribution < 1.29 is 13.9 Å². The maximum atomic E-state index is 14.7. The molecule has 1 N–H and O–H groups in total. The van der Waals surface area contributed by atoms with E-state index in [0.29, 0.717) is 10.2 Å². The van der Waals surface area contributed by atoms with Crippen LogP contribution in [0.5, 0.6) is 0 Å². The Morgan fingerprint density at radius 3 is 2.69 bits per heavy atom. The van der Waals surface area contributed by atoms with Gasteiger partial charge in [0.2, 0.25) is 5.13 Å². The van der Waals surface area contributed by atoms with Gasteiger partial charge in [0.1, 0.15) is 16.7 Å². The molecular formula is C23H22F2N4OS2. The Kier molecular flexibility index (Phi) is 5.53. The van der Waals surface area contributed by atoms with Gasteiger partial charge in [0.25, 0.3) is 0 Å². The first-order valence-corrected chi connectivity index (χ1v) is 12.0. The van der Waals surface area contributed by atoms with Crippen molar-refractivity contribution >= 4 is 33.3 Å². The normalized spacial score (nSPS) is 22.0. The molecule has 0 radical (unpaired) electrons. The van der Waals surface area contributed by atoms with Crippen LogP contribution in [-0.4, -0.2) is 39.7 Å². The summed E-state index contributed by atoms with van der Waals surface area (Å²) in [6.45, 7) is 3.42. The van der Waals surface area contributed by atoms with E-state index in [1.807, 2.05) is 30.3 Å². The number of nitrogens with zero attached hydrogens (tertiary/aromatic N) is 4.